The predicted octanol–water partition coefficient (Wildman–Crippen LogP) is 2.48. The van der Waals surface area contributed by atoms with Crippen LogP contribution in [0.4, 0.5) is 5.82 Å². The van der Waals surface area contributed by atoms with E-state index in [0.717, 1.165) is 17.1 Å². The molecule has 3 nitrogen and oxygen atoms in total. The standard InChI is InChI=1S/C11H12ClN3/c1-8-4-9(2-3-10(8)12)5-15-6-11(13)14-7-15/h2-4,6-7H,5,13H2,1H3. The van der Waals surface area contributed by atoms with Crippen molar-refractivity contribution in [3.8, 4) is 0 Å². The first kappa shape index (κ1) is 10.1. The van der Waals surface area contributed by atoms with Gasteiger partial charge < -0.3 is 10.3 Å². The number of imidazole rings is 1. The topological polar surface area (TPSA) is 43.8 Å². The molecule has 0 radical (unpaired) electrons. The summed E-state index contributed by atoms with van der Waals surface area (Å²) >= 11 is 5.95. The van der Waals surface area contributed by atoms with Crippen molar-refractivity contribution in [3.05, 3.63) is 46.9 Å². The summed E-state index contributed by atoms with van der Waals surface area (Å²) in [4.78, 5) is 3.97. The lowest BCUT2D eigenvalue weighted by atomic mass is 10.1. The van der Waals surface area contributed by atoms with Gasteiger partial charge in [0.05, 0.1) is 6.33 Å². The third-order valence-electron chi connectivity index (χ3n) is 2.24. The lowest BCUT2D eigenvalue weighted by molar-refractivity contribution is 0.797. The van der Waals surface area contributed by atoms with Crippen LogP contribution < -0.4 is 5.73 Å². The molecule has 1 heterocycles. The Labute approximate surface area is 93.5 Å². The second kappa shape index (κ2) is 3.95. The van der Waals surface area contributed by atoms with E-state index in [1.807, 2.05) is 29.8 Å². The van der Waals surface area contributed by atoms with Gasteiger partial charge in [0, 0.05) is 17.8 Å². The number of nitrogens with two attached hydrogens (primary N) is 1. The zero-order valence-electron chi connectivity index (χ0n) is 8.44. The van der Waals surface area contributed by atoms with E-state index < -0.39 is 0 Å². The first-order chi connectivity index (χ1) is 7.15. The molecule has 0 aliphatic heterocycles. The number of hydrogen-bond donors (Lipinski definition) is 1. The molecule has 2 rings (SSSR count). The Balaban J connectivity index is 2.21. The number of anilines is 1. The smallest absolute Gasteiger partial charge is 0.141 e. The lowest BCUT2D eigenvalue weighted by Crippen LogP contribution is -1.96. The Morgan fingerprint density at radius 3 is 2.87 bits per heavy atom. The van der Waals surface area contributed by atoms with Crippen LogP contribution in [0.2, 0.25) is 5.02 Å². The summed E-state index contributed by atoms with van der Waals surface area (Å²) in [7, 11) is 0. The van der Waals surface area contributed by atoms with E-state index in [-0.39, 0.29) is 0 Å². The van der Waals surface area contributed by atoms with Crippen LogP contribution in [-0.4, -0.2) is 9.55 Å². The number of nitrogen functional groups attached to an aromatic ring is 1. The highest BCUT2D eigenvalue weighted by atomic mass is 35.5. The van der Waals surface area contributed by atoms with Crippen LogP contribution in [0, 0.1) is 6.92 Å². The maximum Gasteiger partial charge on any atom is 0.141 e. The molecule has 2 N–H and O–H groups in total. The first-order valence-corrected chi connectivity index (χ1v) is 5.05. The summed E-state index contributed by atoms with van der Waals surface area (Å²) in [6.07, 6.45) is 3.53. The third kappa shape index (κ3) is 2.30. The van der Waals surface area contributed by atoms with Gasteiger partial charge in [-0.1, -0.05) is 23.7 Å². The van der Waals surface area contributed by atoms with E-state index in [4.69, 9.17) is 17.3 Å². The number of aryl methyl sites for hydroxylation is 1. The Morgan fingerprint density at radius 2 is 2.27 bits per heavy atom. The molecule has 1 aromatic carbocycles. The molecule has 78 valence electrons. The van der Waals surface area contributed by atoms with E-state index in [9.17, 15) is 0 Å². The highest BCUT2D eigenvalue weighted by Crippen LogP contribution is 2.17. The van der Waals surface area contributed by atoms with Gasteiger partial charge in [0.15, 0.2) is 0 Å². The summed E-state index contributed by atoms with van der Waals surface area (Å²) in [6.45, 7) is 2.76. The molecule has 0 aliphatic carbocycles. The fourth-order valence-electron chi connectivity index (χ4n) is 1.48. The molecule has 0 bridgehead atoms. The molecule has 4 heteroatoms. The van der Waals surface area contributed by atoms with E-state index >= 15 is 0 Å². The molecule has 0 amide bonds. The van der Waals surface area contributed by atoms with Gasteiger partial charge >= 0.3 is 0 Å². The van der Waals surface area contributed by atoms with Gasteiger partial charge in [0.1, 0.15) is 5.82 Å². The van der Waals surface area contributed by atoms with E-state index in [0.29, 0.717) is 5.82 Å². The van der Waals surface area contributed by atoms with Crippen molar-refractivity contribution >= 4 is 17.4 Å². The van der Waals surface area contributed by atoms with Gasteiger partial charge in [-0.05, 0) is 24.1 Å². The number of benzene rings is 1. The highest BCUT2D eigenvalue weighted by molar-refractivity contribution is 6.31. The van der Waals surface area contributed by atoms with Crippen LogP contribution in [0.1, 0.15) is 11.1 Å². The van der Waals surface area contributed by atoms with Gasteiger partial charge in [-0.25, -0.2) is 4.98 Å². The summed E-state index contributed by atoms with van der Waals surface area (Å²) in [5.41, 5.74) is 7.81. The SMILES string of the molecule is Cc1cc(Cn2cnc(N)c2)ccc1Cl. The number of hydrogen-bond acceptors (Lipinski definition) is 2. The average molecular weight is 222 g/mol. The van der Waals surface area contributed by atoms with Crippen molar-refractivity contribution in [1.82, 2.24) is 9.55 Å². The quantitative estimate of drug-likeness (QED) is 0.847. The van der Waals surface area contributed by atoms with E-state index in [1.165, 1.54) is 5.56 Å². The largest absolute Gasteiger partial charge is 0.382 e. The van der Waals surface area contributed by atoms with Crippen molar-refractivity contribution in [2.75, 3.05) is 5.73 Å². The van der Waals surface area contributed by atoms with Gasteiger partial charge in [0.25, 0.3) is 0 Å². The molecule has 0 saturated heterocycles. The first-order valence-electron chi connectivity index (χ1n) is 4.67. The average Bonchev–Trinajstić information content (AvgIpc) is 2.58. The molecule has 2 aromatic rings. The predicted molar refractivity (Wildman–Crippen MR) is 61.9 cm³/mol. The van der Waals surface area contributed by atoms with Gasteiger partial charge in [-0.3, -0.25) is 0 Å². The minimum atomic E-state index is 0.542. The molecular weight excluding hydrogens is 210 g/mol. The highest BCUT2D eigenvalue weighted by Gasteiger charge is 1.99. The molecular formula is C11H12ClN3. The number of nitrogens with zero attached hydrogens (tertiary/aromatic N) is 2. The van der Waals surface area contributed by atoms with Crippen molar-refractivity contribution < 1.29 is 0 Å². The molecule has 0 spiro atoms. The maximum absolute atomic E-state index is 5.95. The summed E-state index contributed by atoms with van der Waals surface area (Å²) in [5, 5.41) is 0.795. The molecule has 15 heavy (non-hydrogen) atoms. The fourth-order valence-corrected chi connectivity index (χ4v) is 1.60. The zero-order valence-corrected chi connectivity index (χ0v) is 9.20. The molecule has 0 saturated carbocycles. The molecule has 0 fully saturated rings. The van der Waals surface area contributed by atoms with Crippen LogP contribution >= 0.6 is 11.6 Å². The zero-order chi connectivity index (χ0) is 10.8. The van der Waals surface area contributed by atoms with Crippen molar-refractivity contribution in [3.63, 3.8) is 0 Å². The second-order valence-corrected chi connectivity index (χ2v) is 3.96. The minimum Gasteiger partial charge on any atom is -0.382 e. The Bertz CT molecular complexity index is 476. The molecule has 1 aromatic heterocycles. The Hall–Kier alpha value is -1.48. The Kier molecular flexibility index (Phi) is 2.64. The van der Waals surface area contributed by atoms with E-state index in [1.54, 1.807) is 6.33 Å². The van der Waals surface area contributed by atoms with Crippen LogP contribution in [0.25, 0.3) is 0 Å². The van der Waals surface area contributed by atoms with Crippen LogP contribution in [-0.2, 0) is 6.54 Å². The van der Waals surface area contributed by atoms with Crippen molar-refractivity contribution in [2.45, 2.75) is 13.5 Å². The van der Waals surface area contributed by atoms with Crippen LogP contribution in [0.3, 0.4) is 0 Å². The third-order valence-corrected chi connectivity index (χ3v) is 2.66. The van der Waals surface area contributed by atoms with Crippen molar-refractivity contribution in [1.29, 1.82) is 0 Å². The normalized spacial score (nSPS) is 10.5. The second-order valence-electron chi connectivity index (χ2n) is 3.55. The number of rotatable bonds is 2. The summed E-state index contributed by atoms with van der Waals surface area (Å²) in [5.74, 6) is 0.542. The Morgan fingerprint density at radius 1 is 1.47 bits per heavy atom. The fraction of sp³-hybridized carbons (Fsp3) is 0.182. The summed E-state index contributed by atoms with van der Waals surface area (Å²) < 4.78 is 1.94. The summed E-state index contributed by atoms with van der Waals surface area (Å²) in [6, 6.07) is 5.98. The van der Waals surface area contributed by atoms with E-state index in [2.05, 4.69) is 11.1 Å². The molecule has 0 aliphatic rings. The molecule has 0 unspecified atom stereocenters. The minimum absolute atomic E-state index is 0.542. The van der Waals surface area contributed by atoms with Gasteiger partial charge in [-0.2, -0.15) is 0 Å². The number of aromatic nitrogens is 2. The van der Waals surface area contributed by atoms with Crippen LogP contribution in [0.15, 0.2) is 30.7 Å². The van der Waals surface area contributed by atoms with Gasteiger partial charge in [-0.15, -0.1) is 0 Å². The van der Waals surface area contributed by atoms with Gasteiger partial charge in [0.2, 0.25) is 0 Å². The van der Waals surface area contributed by atoms with Crippen LogP contribution in [0.5, 0.6) is 0 Å². The monoisotopic (exact) mass is 221 g/mol. The number of halogens is 1. The maximum atomic E-state index is 5.95. The van der Waals surface area contributed by atoms with Crippen molar-refractivity contribution in [2.24, 2.45) is 0 Å². The lowest BCUT2D eigenvalue weighted by Gasteiger charge is -2.04. The molecule has 0 atom stereocenters.